The van der Waals surface area contributed by atoms with Crippen LogP contribution >= 0.6 is 15.9 Å². The maximum absolute atomic E-state index is 9.99. The normalized spacial score (nSPS) is 12.8. The van der Waals surface area contributed by atoms with Gasteiger partial charge in [-0.3, -0.25) is 0 Å². The third-order valence-electron chi connectivity index (χ3n) is 3.13. The summed E-state index contributed by atoms with van der Waals surface area (Å²) in [5.41, 5.74) is 1.14. The molecule has 0 spiro atoms. The van der Waals surface area contributed by atoms with Crippen LogP contribution in [0.1, 0.15) is 32.3 Å². The topological polar surface area (TPSA) is 45.1 Å². The number of halogens is 1. The third-order valence-corrected chi connectivity index (χ3v) is 3.96. The molecule has 1 aromatic heterocycles. The largest absolute Gasteiger partial charge is 0.391 e. The van der Waals surface area contributed by atoms with Gasteiger partial charge in [-0.2, -0.15) is 0 Å². The van der Waals surface area contributed by atoms with Gasteiger partial charge >= 0.3 is 0 Å². The summed E-state index contributed by atoms with van der Waals surface area (Å²) < 4.78 is 1.00. The Morgan fingerprint density at radius 2 is 2.06 bits per heavy atom. The Morgan fingerprint density at radius 1 is 1.41 bits per heavy atom. The van der Waals surface area contributed by atoms with E-state index in [0.29, 0.717) is 12.5 Å². The molecule has 0 aromatic carbocycles. The molecule has 2 N–H and O–H groups in total. The Labute approximate surface area is 112 Å². The van der Waals surface area contributed by atoms with Gasteiger partial charge in [0.05, 0.1) is 6.10 Å². The van der Waals surface area contributed by atoms with Crippen molar-refractivity contribution in [3.05, 3.63) is 22.3 Å². The van der Waals surface area contributed by atoms with Gasteiger partial charge < -0.3 is 10.4 Å². The predicted octanol–water partition coefficient (Wildman–Crippen LogP) is 3.36. The zero-order valence-electron chi connectivity index (χ0n) is 10.7. The smallest absolute Gasteiger partial charge is 0.126 e. The van der Waals surface area contributed by atoms with Crippen molar-refractivity contribution < 1.29 is 5.11 Å². The van der Waals surface area contributed by atoms with Crippen molar-refractivity contribution in [3.8, 4) is 0 Å². The summed E-state index contributed by atoms with van der Waals surface area (Å²) in [7, 11) is 0. The zero-order chi connectivity index (χ0) is 12.8. The Hall–Kier alpha value is -0.610. The Kier molecular flexibility index (Phi) is 5.92. The van der Waals surface area contributed by atoms with E-state index in [1.807, 2.05) is 13.0 Å². The fourth-order valence-corrected chi connectivity index (χ4v) is 2.06. The molecule has 4 heteroatoms. The number of hydrogen-bond acceptors (Lipinski definition) is 3. The second kappa shape index (κ2) is 6.97. The van der Waals surface area contributed by atoms with E-state index in [1.165, 1.54) is 0 Å². The lowest BCUT2D eigenvalue weighted by Crippen LogP contribution is -2.27. The molecule has 0 saturated carbocycles. The van der Waals surface area contributed by atoms with Gasteiger partial charge in [-0.1, -0.05) is 26.7 Å². The number of aryl methyl sites for hydroxylation is 1. The van der Waals surface area contributed by atoms with Gasteiger partial charge in [0.15, 0.2) is 0 Å². The molecule has 0 fully saturated rings. The fourth-order valence-electron chi connectivity index (χ4n) is 1.84. The maximum atomic E-state index is 9.99. The molecule has 1 rings (SSSR count). The van der Waals surface area contributed by atoms with E-state index in [9.17, 15) is 5.11 Å². The highest BCUT2D eigenvalue weighted by Gasteiger charge is 2.15. The minimum atomic E-state index is -0.309. The van der Waals surface area contributed by atoms with E-state index in [2.05, 4.69) is 40.1 Å². The summed E-state index contributed by atoms with van der Waals surface area (Å²) in [6.45, 7) is 6.80. The summed E-state index contributed by atoms with van der Waals surface area (Å²) in [5, 5.41) is 13.2. The SMILES string of the molecule is CCC(CC)C(O)CNc1cc(C)c(Br)cn1. The van der Waals surface area contributed by atoms with Crippen LogP contribution in [0.25, 0.3) is 0 Å². The lowest BCUT2D eigenvalue weighted by atomic mass is 9.96. The van der Waals surface area contributed by atoms with Crippen molar-refractivity contribution in [2.75, 3.05) is 11.9 Å². The van der Waals surface area contributed by atoms with Crippen LogP contribution in [0.3, 0.4) is 0 Å². The molecule has 1 aromatic rings. The molecular formula is C13H21BrN2O. The van der Waals surface area contributed by atoms with Gasteiger partial charge in [-0.25, -0.2) is 4.98 Å². The van der Waals surface area contributed by atoms with Crippen LogP contribution in [0.5, 0.6) is 0 Å². The van der Waals surface area contributed by atoms with Crippen molar-refractivity contribution >= 4 is 21.7 Å². The van der Waals surface area contributed by atoms with Crippen molar-refractivity contribution in [2.24, 2.45) is 5.92 Å². The first kappa shape index (κ1) is 14.5. The molecular weight excluding hydrogens is 280 g/mol. The highest BCUT2D eigenvalue weighted by atomic mass is 79.9. The van der Waals surface area contributed by atoms with E-state index in [-0.39, 0.29) is 6.10 Å². The van der Waals surface area contributed by atoms with Gasteiger partial charge in [-0.15, -0.1) is 0 Å². The molecule has 0 aliphatic heterocycles. The molecule has 3 nitrogen and oxygen atoms in total. The van der Waals surface area contributed by atoms with Gasteiger partial charge in [0.1, 0.15) is 5.82 Å². The first-order valence-electron chi connectivity index (χ1n) is 6.12. The molecule has 0 radical (unpaired) electrons. The molecule has 1 unspecified atom stereocenters. The van der Waals surface area contributed by atoms with Gasteiger partial charge in [0.2, 0.25) is 0 Å². The third kappa shape index (κ3) is 4.28. The fraction of sp³-hybridized carbons (Fsp3) is 0.615. The number of nitrogens with one attached hydrogen (secondary N) is 1. The van der Waals surface area contributed by atoms with E-state index in [1.54, 1.807) is 6.20 Å². The van der Waals surface area contributed by atoms with Crippen molar-refractivity contribution in [1.82, 2.24) is 4.98 Å². The van der Waals surface area contributed by atoms with Crippen molar-refractivity contribution in [3.63, 3.8) is 0 Å². The summed E-state index contributed by atoms with van der Waals surface area (Å²) in [6.07, 6.45) is 3.48. The molecule has 96 valence electrons. The second-order valence-corrected chi connectivity index (χ2v) is 5.20. The first-order chi connectivity index (χ1) is 8.08. The number of rotatable bonds is 6. The molecule has 1 heterocycles. The van der Waals surface area contributed by atoms with Gasteiger partial charge in [-0.05, 0) is 40.4 Å². The van der Waals surface area contributed by atoms with Gasteiger partial charge in [0, 0.05) is 17.2 Å². The molecule has 17 heavy (non-hydrogen) atoms. The number of aliphatic hydroxyl groups excluding tert-OH is 1. The lowest BCUT2D eigenvalue weighted by molar-refractivity contribution is 0.114. The molecule has 0 saturated heterocycles. The van der Waals surface area contributed by atoms with E-state index >= 15 is 0 Å². The van der Waals surface area contributed by atoms with E-state index < -0.39 is 0 Å². The minimum Gasteiger partial charge on any atom is -0.391 e. The highest BCUT2D eigenvalue weighted by Crippen LogP contribution is 2.18. The molecule has 0 bridgehead atoms. The first-order valence-corrected chi connectivity index (χ1v) is 6.91. The monoisotopic (exact) mass is 300 g/mol. The van der Waals surface area contributed by atoms with Crippen molar-refractivity contribution in [1.29, 1.82) is 0 Å². The zero-order valence-corrected chi connectivity index (χ0v) is 12.3. The van der Waals surface area contributed by atoms with Gasteiger partial charge in [0.25, 0.3) is 0 Å². The van der Waals surface area contributed by atoms with Crippen molar-refractivity contribution in [2.45, 2.75) is 39.7 Å². The van der Waals surface area contributed by atoms with Crippen LogP contribution in [0.15, 0.2) is 16.7 Å². The summed E-state index contributed by atoms with van der Waals surface area (Å²) in [4.78, 5) is 4.25. The minimum absolute atomic E-state index is 0.309. The summed E-state index contributed by atoms with van der Waals surface area (Å²) >= 11 is 3.42. The van der Waals surface area contributed by atoms with E-state index in [4.69, 9.17) is 0 Å². The molecule has 0 aliphatic carbocycles. The molecule has 1 atom stereocenters. The average molecular weight is 301 g/mol. The van der Waals surface area contributed by atoms with Crippen LogP contribution in [-0.2, 0) is 0 Å². The molecule has 0 amide bonds. The number of anilines is 1. The predicted molar refractivity (Wildman–Crippen MR) is 75.2 cm³/mol. The van der Waals surface area contributed by atoms with Crippen LogP contribution in [0.2, 0.25) is 0 Å². The lowest BCUT2D eigenvalue weighted by Gasteiger charge is -2.20. The Balaban J connectivity index is 2.52. The standard InChI is InChI=1S/C13H21BrN2O/c1-4-10(5-2)12(17)8-16-13-6-9(3)11(14)7-15-13/h6-7,10,12,17H,4-5,8H2,1-3H3,(H,15,16). The quantitative estimate of drug-likeness (QED) is 0.847. The number of nitrogens with zero attached hydrogens (tertiary/aromatic N) is 1. The number of hydrogen-bond donors (Lipinski definition) is 2. The number of pyridine rings is 1. The van der Waals surface area contributed by atoms with Crippen LogP contribution < -0.4 is 5.32 Å². The Bertz CT molecular complexity index is 353. The van der Waals surface area contributed by atoms with Crippen LogP contribution in [-0.4, -0.2) is 22.7 Å². The number of aromatic nitrogens is 1. The number of aliphatic hydroxyl groups is 1. The summed E-state index contributed by atoms with van der Waals surface area (Å²) in [6, 6.07) is 1.98. The maximum Gasteiger partial charge on any atom is 0.126 e. The molecule has 0 aliphatic rings. The van der Waals surface area contributed by atoms with E-state index in [0.717, 1.165) is 28.7 Å². The summed E-state index contributed by atoms with van der Waals surface area (Å²) in [5.74, 6) is 1.18. The van der Waals surface area contributed by atoms with Crippen LogP contribution in [0.4, 0.5) is 5.82 Å². The Morgan fingerprint density at radius 3 is 2.59 bits per heavy atom. The second-order valence-electron chi connectivity index (χ2n) is 4.34. The average Bonchev–Trinajstić information content (AvgIpc) is 2.32. The highest BCUT2D eigenvalue weighted by molar-refractivity contribution is 9.10. The van der Waals surface area contributed by atoms with Crippen LogP contribution in [0, 0.1) is 12.8 Å².